The van der Waals surface area contributed by atoms with Crippen molar-refractivity contribution in [2.75, 3.05) is 0 Å². The zero-order valence-corrected chi connectivity index (χ0v) is 6.51. The van der Waals surface area contributed by atoms with E-state index in [0.29, 0.717) is 0 Å². The molecule has 0 spiro atoms. The number of nitrogens with two attached hydrogens (primary N) is 1. The van der Waals surface area contributed by atoms with Crippen molar-refractivity contribution in [1.82, 2.24) is 4.98 Å². The number of pyridine rings is 1. The number of hydrogen-bond acceptors (Lipinski definition) is 3. The fourth-order valence-electron chi connectivity index (χ4n) is 0.759. The SMILES string of the molecule is NCc1cc(OC(F)F)c(F)cn1. The van der Waals surface area contributed by atoms with Gasteiger partial charge in [0, 0.05) is 12.6 Å². The summed E-state index contributed by atoms with van der Waals surface area (Å²) in [5.41, 5.74) is 5.46. The molecule has 3 nitrogen and oxygen atoms in total. The Labute approximate surface area is 72.3 Å². The average molecular weight is 192 g/mol. The molecule has 1 rings (SSSR count). The topological polar surface area (TPSA) is 48.1 Å². The predicted octanol–water partition coefficient (Wildman–Crippen LogP) is 1.28. The third-order valence-corrected chi connectivity index (χ3v) is 1.30. The molecule has 0 radical (unpaired) electrons. The van der Waals surface area contributed by atoms with Crippen molar-refractivity contribution in [3.63, 3.8) is 0 Å². The molecule has 1 heterocycles. The molecule has 72 valence electrons. The van der Waals surface area contributed by atoms with Gasteiger partial charge < -0.3 is 10.5 Å². The highest BCUT2D eigenvalue weighted by Gasteiger charge is 2.10. The van der Waals surface area contributed by atoms with Gasteiger partial charge in [0.15, 0.2) is 11.6 Å². The summed E-state index contributed by atoms with van der Waals surface area (Å²) in [5, 5.41) is 0. The molecule has 0 saturated heterocycles. The van der Waals surface area contributed by atoms with Crippen LogP contribution in [0, 0.1) is 5.82 Å². The molecular weight excluding hydrogens is 185 g/mol. The Morgan fingerprint density at radius 2 is 2.23 bits per heavy atom. The van der Waals surface area contributed by atoms with E-state index in [2.05, 4.69) is 9.72 Å². The van der Waals surface area contributed by atoms with Crippen LogP contribution in [0.4, 0.5) is 13.2 Å². The van der Waals surface area contributed by atoms with Gasteiger partial charge in [0.25, 0.3) is 0 Å². The van der Waals surface area contributed by atoms with E-state index in [1.165, 1.54) is 0 Å². The Kier molecular flexibility index (Phi) is 3.07. The largest absolute Gasteiger partial charge is 0.432 e. The molecule has 0 aliphatic carbocycles. The van der Waals surface area contributed by atoms with E-state index in [1.54, 1.807) is 0 Å². The van der Waals surface area contributed by atoms with Gasteiger partial charge in [-0.15, -0.1) is 0 Å². The summed E-state index contributed by atoms with van der Waals surface area (Å²) in [6.45, 7) is -3.01. The van der Waals surface area contributed by atoms with E-state index in [0.717, 1.165) is 12.3 Å². The van der Waals surface area contributed by atoms with Crippen LogP contribution in [0.3, 0.4) is 0 Å². The number of nitrogens with zero attached hydrogens (tertiary/aromatic N) is 1. The van der Waals surface area contributed by atoms with Crippen molar-refractivity contribution < 1.29 is 17.9 Å². The Bertz CT molecular complexity index is 293. The van der Waals surface area contributed by atoms with Gasteiger partial charge >= 0.3 is 6.61 Å². The second-order valence-electron chi connectivity index (χ2n) is 2.19. The first-order chi connectivity index (χ1) is 6.13. The summed E-state index contributed by atoms with van der Waals surface area (Å²) in [6.07, 6.45) is 0.792. The first-order valence-electron chi connectivity index (χ1n) is 3.42. The molecule has 6 heteroatoms. The van der Waals surface area contributed by atoms with E-state index >= 15 is 0 Å². The zero-order valence-electron chi connectivity index (χ0n) is 6.51. The molecule has 2 N–H and O–H groups in total. The summed E-state index contributed by atoms with van der Waals surface area (Å²) in [4.78, 5) is 3.54. The number of rotatable bonds is 3. The van der Waals surface area contributed by atoms with Crippen LogP contribution in [-0.4, -0.2) is 11.6 Å². The van der Waals surface area contributed by atoms with Crippen LogP contribution in [-0.2, 0) is 6.54 Å². The van der Waals surface area contributed by atoms with Crippen LogP contribution < -0.4 is 10.5 Å². The van der Waals surface area contributed by atoms with Crippen molar-refractivity contribution in [3.05, 3.63) is 23.8 Å². The number of aromatic nitrogens is 1. The van der Waals surface area contributed by atoms with Crippen LogP contribution in [0.2, 0.25) is 0 Å². The Hall–Kier alpha value is -1.30. The normalized spacial score (nSPS) is 10.5. The molecule has 0 unspecified atom stereocenters. The summed E-state index contributed by atoms with van der Waals surface area (Å²) >= 11 is 0. The van der Waals surface area contributed by atoms with E-state index in [9.17, 15) is 13.2 Å². The predicted molar refractivity (Wildman–Crippen MR) is 38.7 cm³/mol. The van der Waals surface area contributed by atoms with Gasteiger partial charge in [-0.3, -0.25) is 4.98 Å². The summed E-state index contributed by atoms with van der Waals surface area (Å²) in [7, 11) is 0. The van der Waals surface area contributed by atoms with Gasteiger partial charge in [0.05, 0.1) is 11.9 Å². The molecule has 13 heavy (non-hydrogen) atoms. The van der Waals surface area contributed by atoms with E-state index in [4.69, 9.17) is 5.73 Å². The van der Waals surface area contributed by atoms with E-state index < -0.39 is 18.2 Å². The fourth-order valence-corrected chi connectivity index (χ4v) is 0.759. The lowest BCUT2D eigenvalue weighted by molar-refractivity contribution is -0.0523. The maximum Gasteiger partial charge on any atom is 0.387 e. The Morgan fingerprint density at radius 1 is 1.54 bits per heavy atom. The molecule has 0 aromatic carbocycles. The molecule has 0 atom stereocenters. The second kappa shape index (κ2) is 4.08. The maximum atomic E-state index is 12.7. The molecule has 1 aromatic heterocycles. The quantitative estimate of drug-likeness (QED) is 0.784. The highest BCUT2D eigenvalue weighted by molar-refractivity contribution is 5.24. The first kappa shape index (κ1) is 9.79. The maximum absolute atomic E-state index is 12.7. The minimum atomic E-state index is -3.05. The standard InChI is InChI=1S/C7H7F3N2O/c8-5-3-12-4(2-11)1-6(5)13-7(9)10/h1,3,7H,2,11H2. The molecule has 0 fully saturated rings. The van der Waals surface area contributed by atoms with Gasteiger partial charge in [-0.1, -0.05) is 0 Å². The molecule has 0 aliphatic rings. The van der Waals surface area contributed by atoms with Crippen LogP contribution in [0.15, 0.2) is 12.3 Å². The van der Waals surface area contributed by atoms with Gasteiger partial charge in [-0.2, -0.15) is 8.78 Å². The number of ether oxygens (including phenoxy) is 1. The molecule has 1 aromatic rings. The summed E-state index contributed by atoms with van der Waals surface area (Å²) in [5.74, 6) is -1.47. The van der Waals surface area contributed by atoms with Gasteiger partial charge in [0.1, 0.15) is 0 Å². The molecule has 0 aliphatic heterocycles. The van der Waals surface area contributed by atoms with Crippen LogP contribution in [0.1, 0.15) is 5.69 Å². The van der Waals surface area contributed by atoms with Crippen molar-refractivity contribution in [2.45, 2.75) is 13.2 Å². The minimum absolute atomic E-state index is 0.0415. The third-order valence-electron chi connectivity index (χ3n) is 1.30. The lowest BCUT2D eigenvalue weighted by Gasteiger charge is -2.05. The molecular formula is C7H7F3N2O. The van der Waals surface area contributed by atoms with Crippen molar-refractivity contribution in [2.24, 2.45) is 5.73 Å². The molecule has 0 saturated carbocycles. The number of hydrogen-bond donors (Lipinski definition) is 1. The van der Waals surface area contributed by atoms with Crippen molar-refractivity contribution >= 4 is 0 Å². The fraction of sp³-hybridized carbons (Fsp3) is 0.286. The highest BCUT2D eigenvalue weighted by atomic mass is 19.3. The average Bonchev–Trinajstić information content (AvgIpc) is 2.08. The van der Waals surface area contributed by atoms with E-state index in [-0.39, 0.29) is 12.2 Å². The second-order valence-corrected chi connectivity index (χ2v) is 2.19. The molecule has 0 amide bonds. The zero-order chi connectivity index (χ0) is 9.84. The summed E-state index contributed by atoms with van der Waals surface area (Å²) in [6, 6.07) is 1.04. The van der Waals surface area contributed by atoms with Gasteiger partial charge in [-0.05, 0) is 0 Å². The summed E-state index contributed by atoms with van der Waals surface area (Å²) < 4.78 is 40.0. The highest BCUT2D eigenvalue weighted by Crippen LogP contribution is 2.18. The van der Waals surface area contributed by atoms with Gasteiger partial charge in [-0.25, -0.2) is 4.39 Å². The smallest absolute Gasteiger partial charge is 0.387 e. The van der Waals surface area contributed by atoms with Crippen LogP contribution >= 0.6 is 0 Å². The Morgan fingerprint density at radius 3 is 2.77 bits per heavy atom. The van der Waals surface area contributed by atoms with Gasteiger partial charge in [0.2, 0.25) is 0 Å². The Balaban J connectivity index is 2.90. The number of halogens is 3. The van der Waals surface area contributed by atoms with Crippen LogP contribution in [0.25, 0.3) is 0 Å². The van der Waals surface area contributed by atoms with Crippen molar-refractivity contribution in [3.8, 4) is 5.75 Å². The van der Waals surface area contributed by atoms with Crippen LogP contribution in [0.5, 0.6) is 5.75 Å². The monoisotopic (exact) mass is 192 g/mol. The molecule has 0 bridgehead atoms. The van der Waals surface area contributed by atoms with Crippen molar-refractivity contribution in [1.29, 1.82) is 0 Å². The van der Waals surface area contributed by atoms with E-state index in [1.807, 2.05) is 0 Å². The lowest BCUT2D eigenvalue weighted by atomic mass is 10.3. The first-order valence-corrected chi connectivity index (χ1v) is 3.42. The lowest BCUT2D eigenvalue weighted by Crippen LogP contribution is -2.06. The third kappa shape index (κ3) is 2.59. The number of alkyl halides is 2. The minimum Gasteiger partial charge on any atom is -0.432 e.